The highest BCUT2D eigenvalue weighted by atomic mass is 32.2. The first-order valence-corrected chi connectivity index (χ1v) is 8.45. The molecule has 0 saturated carbocycles. The van der Waals surface area contributed by atoms with E-state index in [1.165, 1.54) is 6.08 Å². The third kappa shape index (κ3) is 4.46. The topological polar surface area (TPSA) is 123 Å². The molecule has 1 aliphatic heterocycles. The number of ether oxygens (including phenoxy) is 1. The van der Waals surface area contributed by atoms with Crippen molar-refractivity contribution in [2.45, 2.75) is 13.3 Å². The van der Waals surface area contributed by atoms with E-state index in [0.717, 1.165) is 6.42 Å². The number of fused-ring (bicyclic) bond motifs is 1. The zero-order valence-electron chi connectivity index (χ0n) is 12.6. The Labute approximate surface area is 134 Å². The molecule has 0 saturated heterocycles. The number of benzene rings is 1. The van der Waals surface area contributed by atoms with Crippen molar-refractivity contribution in [1.29, 1.82) is 0 Å². The SMILES string of the molecule is CCCNC(=O)/C=C/COc1cccc2c1C(N)=NS(=O)(=O)N2. The summed E-state index contributed by atoms with van der Waals surface area (Å²) in [7, 11) is -3.82. The molecule has 1 aromatic rings. The number of carbonyl (C=O) groups is 1. The normalized spacial score (nSPS) is 15.4. The molecule has 0 radical (unpaired) electrons. The van der Waals surface area contributed by atoms with Crippen LogP contribution in [0.25, 0.3) is 0 Å². The van der Waals surface area contributed by atoms with Gasteiger partial charge < -0.3 is 15.8 Å². The first kappa shape index (κ1) is 16.8. The van der Waals surface area contributed by atoms with E-state index >= 15 is 0 Å². The van der Waals surface area contributed by atoms with Gasteiger partial charge in [0.2, 0.25) is 5.91 Å². The number of nitrogens with one attached hydrogen (secondary N) is 2. The van der Waals surface area contributed by atoms with Gasteiger partial charge in [0, 0.05) is 12.6 Å². The Morgan fingerprint density at radius 3 is 3.00 bits per heavy atom. The van der Waals surface area contributed by atoms with Crippen molar-refractivity contribution in [3.63, 3.8) is 0 Å². The van der Waals surface area contributed by atoms with E-state index in [9.17, 15) is 13.2 Å². The standard InChI is InChI=1S/C14H18N4O4S/c1-2-8-16-12(19)7-4-9-22-11-6-3-5-10-13(11)14(15)18-23(20,21)17-10/h3-7,17H,2,8-9H2,1H3,(H2,15,18)(H,16,19)/b7-4+. The minimum absolute atomic E-state index is 0.135. The van der Waals surface area contributed by atoms with Gasteiger partial charge in [0.15, 0.2) is 5.84 Å². The lowest BCUT2D eigenvalue weighted by Crippen LogP contribution is -2.27. The van der Waals surface area contributed by atoms with Gasteiger partial charge in [-0.15, -0.1) is 4.40 Å². The van der Waals surface area contributed by atoms with Crippen LogP contribution in [-0.2, 0) is 15.0 Å². The van der Waals surface area contributed by atoms with Crippen molar-refractivity contribution < 1.29 is 17.9 Å². The molecule has 4 N–H and O–H groups in total. The monoisotopic (exact) mass is 338 g/mol. The molecular formula is C14H18N4O4S. The third-order valence-electron chi connectivity index (χ3n) is 2.89. The lowest BCUT2D eigenvalue weighted by molar-refractivity contribution is -0.116. The molecule has 0 aromatic heterocycles. The summed E-state index contributed by atoms with van der Waals surface area (Å²) in [5.74, 6) is 0.0446. The summed E-state index contributed by atoms with van der Waals surface area (Å²) in [5.41, 5.74) is 6.38. The van der Waals surface area contributed by atoms with Crippen LogP contribution in [0.5, 0.6) is 5.75 Å². The maximum atomic E-state index is 11.5. The fourth-order valence-electron chi connectivity index (χ4n) is 1.94. The first-order valence-electron chi connectivity index (χ1n) is 7.01. The summed E-state index contributed by atoms with van der Waals surface area (Å²) in [6, 6.07) is 4.84. The molecule has 124 valence electrons. The molecule has 9 heteroatoms. The predicted octanol–water partition coefficient (Wildman–Crippen LogP) is 0.523. The third-order valence-corrected chi connectivity index (χ3v) is 3.81. The van der Waals surface area contributed by atoms with Gasteiger partial charge in [-0.1, -0.05) is 13.0 Å². The van der Waals surface area contributed by atoms with Crippen molar-refractivity contribution in [2.24, 2.45) is 10.1 Å². The number of amidine groups is 1. The molecule has 0 bridgehead atoms. The van der Waals surface area contributed by atoms with Gasteiger partial charge in [-0.3, -0.25) is 9.52 Å². The first-order chi connectivity index (χ1) is 10.9. The van der Waals surface area contributed by atoms with Crippen molar-refractivity contribution in [1.82, 2.24) is 5.32 Å². The van der Waals surface area contributed by atoms with Crippen LogP contribution < -0.4 is 20.5 Å². The number of amides is 1. The maximum absolute atomic E-state index is 11.5. The zero-order valence-corrected chi connectivity index (χ0v) is 13.4. The molecule has 1 amide bonds. The van der Waals surface area contributed by atoms with E-state index < -0.39 is 10.2 Å². The molecule has 8 nitrogen and oxygen atoms in total. The molecule has 2 rings (SSSR count). The van der Waals surface area contributed by atoms with Gasteiger partial charge in [-0.25, -0.2) is 0 Å². The van der Waals surface area contributed by atoms with E-state index in [2.05, 4.69) is 14.4 Å². The fourth-order valence-corrected chi connectivity index (χ4v) is 2.78. The number of anilines is 1. The number of nitrogens with zero attached hydrogens (tertiary/aromatic N) is 1. The average molecular weight is 338 g/mol. The van der Waals surface area contributed by atoms with E-state index in [0.29, 0.717) is 23.5 Å². The minimum Gasteiger partial charge on any atom is -0.489 e. The van der Waals surface area contributed by atoms with Crippen LogP contribution in [0.3, 0.4) is 0 Å². The number of hydrogen-bond donors (Lipinski definition) is 3. The number of nitrogens with two attached hydrogens (primary N) is 1. The van der Waals surface area contributed by atoms with E-state index in [-0.39, 0.29) is 18.3 Å². The van der Waals surface area contributed by atoms with Crippen LogP contribution >= 0.6 is 0 Å². The molecule has 1 aromatic carbocycles. The van der Waals surface area contributed by atoms with Crippen LogP contribution in [0.4, 0.5) is 5.69 Å². The van der Waals surface area contributed by atoms with Gasteiger partial charge in [-0.05, 0) is 24.6 Å². The summed E-state index contributed by atoms with van der Waals surface area (Å²) in [4.78, 5) is 11.4. The number of rotatable bonds is 6. The minimum atomic E-state index is -3.82. The molecule has 0 aliphatic carbocycles. The van der Waals surface area contributed by atoms with Gasteiger partial charge >= 0.3 is 10.2 Å². The van der Waals surface area contributed by atoms with E-state index in [4.69, 9.17) is 10.5 Å². The molecule has 0 spiro atoms. The highest BCUT2D eigenvalue weighted by Crippen LogP contribution is 2.30. The predicted molar refractivity (Wildman–Crippen MR) is 87.6 cm³/mol. The van der Waals surface area contributed by atoms with Crippen LogP contribution in [0.2, 0.25) is 0 Å². The zero-order chi connectivity index (χ0) is 16.9. The quantitative estimate of drug-likeness (QED) is 0.653. The maximum Gasteiger partial charge on any atom is 0.344 e. The number of carbonyl (C=O) groups excluding carboxylic acids is 1. The van der Waals surface area contributed by atoms with Gasteiger partial charge in [0.1, 0.15) is 12.4 Å². The lowest BCUT2D eigenvalue weighted by atomic mass is 10.1. The largest absolute Gasteiger partial charge is 0.489 e. The molecule has 0 unspecified atom stereocenters. The Balaban J connectivity index is 2.06. The number of hydrogen-bond acceptors (Lipinski definition) is 5. The highest BCUT2D eigenvalue weighted by molar-refractivity contribution is 7.91. The second kappa shape index (κ2) is 7.14. The van der Waals surface area contributed by atoms with Crippen LogP contribution in [0, 0.1) is 0 Å². The van der Waals surface area contributed by atoms with Crippen molar-refractivity contribution in [2.75, 3.05) is 17.9 Å². The van der Waals surface area contributed by atoms with Crippen LogP contribution in [0.1, 0.15) is 18.9 Å². The van der Waals surface area contributed by atoms with Crippen LogP contribution in [0.15, 0.2) is 34.7 Å². The van der Waals surface area contributed by atoms with Crippen molar-refractivity contribution >= 4 is 27.6 Å². The Hall–Kier alpha value is -2.55. The fraction of sp³-hybridized carbons (Fsp3) is 0.286. The van der Waals surface area contributed by atoms with E-state index in [1.54, 1.807) is 24.3 Å². The lowest BCUT2D eigenvalue weighted by Gasteiger charge is -2.18. The summed E-state index contributed by atoms with van der Waals surface area (Å²) in [5, 5.41) is 2.70. The summed E-state index contributed by atoms with van der Waals surface area (Å²) < 4.78 is 34.2. The molecular weight excluding hydrogens is 320 g/mol. The highest BCUT2D eigenvalue weighted by Gasteiger charge is 2.24. The Bertz CT molecular complexity index is 756. The van der Waals surface area contributed by atoms with Crippen molar-refractivity contribution in [3.8, 4) is 5.75 Å². The van der Waals surface area contributed by atoms with E-state index in [1.807, 2.05) is 6.92 Å². The average Bonchev–Trinajstić information content (AvgIpc) is 2.47. The van der Waals surface area contributed by atoms with Gasteiger partial charge in [0.05, 0.1) is 11.3 Å². The Kier molecular flexibility index (Phi) is 5.22. The second-order valence-electron chi connectivity index (χ2n) is 4.74. The van der Waals surface area contributed by atoms with Gasteiger partial charge in [0.25, 0.3) is 0 Å². The molecule has 23 heavy (non-hydrogen) atoms. The summed E-state index contributed by atoms with van der Waals surface area (Å²) >= 11 is 0. The molecule has 1 heterocycles. The van der Waals surface area contributed by atoms with Crippen LogP contribution in [-0.4, -0.2) is 33.3 Å². The van der Waals surface area contributed by atoms with Crippen molar-refractivity contribution in [3.05, 3.63) is 35.9 Å². The Morgan fingerprint density at radius 2 is 2.26 bits per heavy atom. The Morgan fingerprint density at radius 1 is 1.48 bits per heavy atom. The second-order valence-corrected chi connectivity index (χ2v) is 6.07. The van der Waals surface area contributed by atoms with Gasteiger partial charge in [-0.2, -0.15) is 8.42 Å². The molecule has 0 fully saturated rings. The smallest absolute Gasteiger partial charge is 0.344 e. The molecule has 0 atom stereocenters. The molecule has 1 aliphatic rings. The summed E-state index contributed by atoms with van der Waals surface area (Å²) in [6.07, 6.45) is 3.80. The summed E-state index contributed by atoms with van der Waals surface area (Å²) in [6.45, 7) is 2.71.